The topological polar surface area (TPSA) is 128 Å². The highest BCUT2D eigenvalue weighted by molar-refractivity contribution is 7.82. The van der Waals surface area contributed by atoms with Gasteiger partial charge in [-0.1, -0.05) is 25.0 Å². The van der Waals surface area contributed by atoms with E-state index in [-0.39, 0.29) is 17.2 Å². The third-order valence-corrected chi connectivity index (χ3v) is 8.72. The Kier molecular flexibility index (Phi) is 8.33. The number of nitrogens with one attached hydrogen (secondary N) is 2. The van der Waals surface area contributed by atoms with Gasteiger partial charge in [-0.15, -0.1) is 0 Å². The molecule has 1 amide bonds. The molecule has 46 heavy (non-hydrogen) atoms. The molecule has 1 fully saturated rings. The van der Waals surface area contributed by atoms with Gasteiger partial charge in [0, 0.05) is 36.3 Å². The Labute approximate surface area is 263 Å². The number of nitrogens with two attached hydrogens (primary N) is 1. The van der Waals surface area contributed by atoms with Gasteiger partial charge in [-0.3, -0.25) is 9.78 Å². The van der Waals surface area contributed by atoms with Crippen molar-refractivity contribution in [3.63, 3.8) is 0 Å². The summed E-state index contributed by atoms with van der Waals surface area (Å²) < 4.78 is 73.5. The van der Waals surface area contributed by atoms with E-state index >= 15 is 4.39 Å². The fourth-order valence-corrected chi connectivity index (χ4v) is 6.42. The maximum Gasteiger partial charge on any atom is 0.435 e. The van der Waals surface area contributed by atoms with Crippen molar-refractivity contribution in [3.05, 3.63) is 108 Å². The molecule has 2 atom stereocenters. The van der Waals surface area contributed by atoms with Crippen LogP contribution in [0.2, 0.25) is 0 Å². The molecule has 0 aliphatic heterocycles. The second-order valence-electron chi connectivity index (χ2n) is 11.3. The first kappa shape index (κ1) is 31.3. The maximum absolute atomic E-state index is 15.3. The fraction of sp³-hybridized carbons (Fsp3) is 0.250. The molecule has 14 heteroatoms. The molecule has 2 aromatic carbocycles. The van der Waals surface area contributed by atoms with Gasteiger partial charge in [-0.25, -0.2) is 23.0 Å². The van der Waals surface area contributed by atoms with E-state index in [1.54, 1.807) is 36.7 Å². The normalized spacial score (nSPS) is 15.4. The number of aromatic nitrogens is 4. The van der Waals surface area contributed by atoms with Crippen molar-refractivity contribution in [1.29, 1.82) is 0 Å². The zero-order valence-corrected chi connectivity index (χ0v) is 25.3. The van der Waals surface area contributed by atoms with Crippen LogP contribution in [0.15, 0.2) is 79.3 Å². The minimum Gasteiger partial charge on any atom is -0.383 e. The SMILES string of the molecule is CS(=O)NC(CCC1CC1)(c1ccncc1)c1ccc(F)c(NC(=O)c2cc(C(F)(F)F)nn2-c2ccc3ccnc(N)c3c2)c1. The Morgan fingerprint density at radius 3 is 2.48 bits per heavy atom. The van der Waals surface area contributed by atoms with Crippen LogP contribution in [0.1, 0.15) is 53.0 Å². The molecule has 1 aliphatic rings. The van der Waals surface area contributed by atoms with E-state index in [0.29, 0.717) is 34.7 Å². The monoisotopic (exact) mass is 651 g/mol. The Balaban J connectivity index is 1.41. The molecular formula is C32H29F4N7O2S. The Morgan fingerprint density at radius 1 is 1.02 bits per heavy atom. The van der Waals surface area contributed by atoms with Gasteiger partial charge in [-0.05, 0) is 77.7 Å². The summed E-state index contributed by atoms with van der Waals surface area (Å²) in [5.74, 6) is -1.18. The summed E-state index contributed by atoms with van der Waals surface area (Å²) in [6, 6.07) is 14.5. The molecule has 0 saturated heterocycles. The van der Waals surface area contributed by atoms with Gasteiger partial charge in [0.15, 0.2) is 5.69 Å². The third-order valence-electron chi connectivity index (χ3n) is 8.08. The van der Waals surface area contributed by atoms with E-state index in [0.717, 1.165) is 35.6 Å². The lowest BCUT2D eigenvalue weighted by molar-refractivity contribution is -0.141. The lowest BCUT2D eigenvalue weighted by Gasteiger charge is -2.35. The van der Waals surface area contributed by atoms with Crippen LogP contribution in [0, 0.1) is 11.7 Å². The zero-order valence-electron chi connectivity index (χ0n) is 24.5. The molecule has 0 radical (unpaired) electrons. The van der Waals surface area contributed by atoms with E-state index in [1.165, 1.54) is 36.7 Å². The average Bonchev–Trinajstić information content (AvgIpc) is 3.74. The number of nitrogen functional groups attached to an aromatic ring is 1. The summed E-state index contributed by atoms with van der Waals surface area (Å²) in [7, 11) is -1.51. The number of pyridine rings is 2. The highest BCUT2D eigenvalue weighted by atomic mass is 32.2. The fourth-order valence-electron chi connectivity index (χ4n) is 5.59. The number of halogens is 4. The zero-order chi connectivity index (χ0) is 32.6. The van der Waals surface area contributed by atoms with Crippen molar-refractivity contribution in [3.8, 4) is 5.69 Å². The largest absolute Gasteiger partial charge is 0.435 e. The first-order valence-corrected chi connectivity index (χ1v) is 16.0. The highest BCUT2D eigenvalue weighted by Gasteiger charge is 2.39. The average molecular weight is 652 g/mol. The molecule has 5 aromatic rings. The smallest absolute Gasteiger partial charge is 0.383 e. The van der Waals surface area contributed by atoms with Crippen molar-refractivity contribution >= 4 is 39.2 Å². The van der Waals surface area contributed by atoms with Crippen LogP contribution < -0.4 is 15.8 Å². The maximum atomic E-state index is 15.3. The molecule has 1 aliphatic carbocycles. The van der Waals surface area contributed by atoms with Crippen LogP contribution in [0.5, 0.6) is 0 Å². The molecule has 0 spiro atoms. The summed E-state index contributed by atoms with van der Waals surface area (Å²) in [4.78, 5) is 21.8. The van der Waals surface area contributed by atoms with Gasteiger partial charge in [-0.2, -0.15) is 18.3 Å². The molecule has 238 valence electrons. The highest BCUT2D eigenvalue weighted by Crippen LogP contribution is 2.42. The van der Waals surface area contributed by atoms with Gasteiger partial charge in [0.2, 0.25) is 0 Å². The van der Waals surface area contributed by atoms with Gasteiger partial charge >= 0.3 is 6.18 Å². The second kappa shape index (κ2) is 12.2. The van der Waals surface area contributed by atoms with Gasteiger partial charge < -0.3 is 11.1 Å². The summed E-state index contributed by atoms with van der Waals surface area (Å²) >= 11 is 0. The molecule has 6 rings (SSSR count). The van der Waals surface area contributed by atoms with Gasteiger partial charge in [0.05, 0.1) is 27.9 Å². The van der Waals surface area contributed by atoms with Crippen LogP contribution in [-0.4, -0.2) is 36.1 Å². The number of alkyl halides is 3. The summed E-state index contributed by atoms with van der Waals surface area (Å²) in [6.45, 7) is 0. The Morgan fingerprint density at radius 2 is 1.78 bits per heavy atom. The first-order valence-electron chi connectivity index (χ1n) is 14.4. The van der Waals surface area contributed by atoms with Gasteiger partial charge in [0.1, 0.15) is 17.3 Å². The lowest BCUT2D eigenvalue weighted by atomic mass is 9.79. The number of hydrogen-bond donors (Lipinski definition) is 3. The Hall–Kier alpha value is -4.69. The number of anilines is 2. The summed E-state index contributed by atoms with van der Waals surface area (Å²) in [5, 5.41) is 7.26. The van der Waals surface area contributed by atoms with Crippen LogP contribution in [0.25, 0.3) is 16.5 Å². The van der Waals surface area contributed by atoms with Crippen molar-refractivity contribution in [2.24, 2.45) is 5.92 Å². The van der Waals surface area contributed by atoms with Crippen molar-refractivity contribution in [2.45, 2.75) is 37.4 Å². The Bertz CT molecular complexity index is 1950. The molecule has 3 aromatic heterocycles. The number of hydrogen-bond acceptors (Lipinski definition) is 6. The lowest BCUT2D eigenvalue weighted by Crippen LogP contribution is -2.44. The van der Waals surface area contributed by atoms with Crippen molar-refractivity contribution in [2.75, 3.05) is 17.3 Å². The van der Waals surface area contributed by atoms with E-state index in [4.69, 9.17) is 5.73 Å². The number of amides is 1. The molecule has 0 bridgehead atoms. The summed E-state index contributed by atoms with van der Waals surface area (Å²) in [5.41, 5.74) is 4.24. The number of carbonyl (C=O) groups is 1. The quantitative estimate of drug-likeness (QED) is 0.156. The molecular weight excluding hydrogens is 622 g/mol. The van der Waals surface area contributed by atoms with Gasteiger partial charge in [0.25, 0.3) is 5.91 Å². The third kappa shape index (κ3) is 6.35. The molecule has 1 saturated carbocycles. The number of fused-ring (bicyclic) bond motifs is 1. The van der Waals surface area contributed by atoms with Crippen LogP contribution in [0.4, 0.5) is 29.1 Å². The predicted octanol–water partition coefficient (Wildman–Crippen LogP) is 6.12. The number of rotatable bonds is 10. The van der Waals surface area contributed by atoms with E-state index < -0.39 is 45.8 Å². The minimum atomic E-state index is -4.87. The van der Waals surface area contributed by atoms with Crippen LogP contribution in [-0.2, 0) is 22.7 Å². The van der Waals surface area contributed by atoms with Crippen molar-refractivity contribution in [1.82, 2.24) is 24.5 Å². The van der Waals surface area contributed by atoms with Crippen molar-refractivity contribution < 1.29 is 26.6 Å². The second-order valence-corrected chi connectivity index (χ2v) is 12.4. The van der Waals surface area contributed by atoms with Crippen LogP contribution in [0.3, 0.4) is 0 Å². The van der Waals surface area contributed by atoms with E-state index in [9.17, 15) is 22.2 Å². The standard InChI is InChI=1S/C32H29F4N7O2S/c1-46(45)42-31(12-8-19-2-3-19,21-10-13-38-14-11-21)22-5-7-25(33)26(16-22)40-30(44)27-18-28(32(34,35)36)41-43(27)23-6-4-20-9-15-39-29(37)24(20)17-23/h4-7,9-11,13-19,42H,2-3,8,12H2,1H3,(H2,37,39)(H,40,44). The molecule has 9 nitrogen and oxygen atoms in total. The predicted molar refractivity (Wildman–Crippen MR) is 167 cm³/mol. The number of benzene rings is 2. The van der Waals surface area contributed by atoms with E-state index in [1.807, 2.05) is 0 Å². The molecule has 3 heterocycles. The van der Waals surface area contributed by atoms with E-state index in [2.05, 4.69) is 25.1 Å². The summed E-state index contributed by atoms with van der Waals surface area (Å²) in [6.07, 6.45) is 4.81. The molecule has 4 N–H and O–H groups in total. The van der Waals surface area contributed by atoms with Crippen LogP contribution >= 0.6 is 0 Å². The molecule has 2 unspecified atom stereocenters. The number of carbonyl (C=O) groups excluding carboxylic acids is 1. The number of nitrogens with zero attached hydrogens (tertiary/aromatic N) is 4. The minimum absolute atomic E-state index is 0.119. The first-order chi connectivity index (χ1) is 21.9.